The molecule has 0 aromatic heterocycles. The van der Waals surface area contributed by atoms with E-state index in [4.69, 9.17) is 4.74 Å². The van der Waals surface area contributed by atoms with Gasteiger partial charge in [0.25, 0.3) is 0 Å². The summed E-state index contributed by atoms with van der Waals surface area (Å²) in [5, 5.41) is 3.11. The monoisotopic (exact) mass is 274 g/mol. The fraction of sp³-hybridized carbons (Fsp3) is 0.562. The molecule has 0 unspecified atom stereocenters. The van der Waals surface area contributed by atoms with Gasteiger partial charge in [-0.1, -0.05) is 24.6 Å². The maximum Gasteiger partial charge on any atom is 0.227 e. The van der Waals surface area contributed by atoms with Gasteiger partial charge in [0.05, 0.1) is 13.2 Å². The molecule has 1 N–H and O–H groups in total. The standard InChI is InChI=1S/C16H22N2O2/c19-16(13-5-3-6-13)17-15-7-2-1-4-14(15)12-18-8-10-20-11-9-18/h1-2,4,7,13H,3,5-6,8-12H2,(H,17,19). The van der Waals surface area contributed by atoms with Crippen LogP contribution in [0.5, 0.6) is 0 Å². The van der Waals surface area contributed by atoms with Crippen molar-refractivity contribution in [3.63, 3.8) is 0 Å². The van der Waals surface area contributed by atoms with Gasteiger partial charge >= 0.3 is 0 Å². The summed E-state index contributed by atoms with van der Waals surface area (Å²) in [6, 6.07) is 8.13. The van der Waals surface area contributed by atoms with Crippen LogP contribution in [0.4, 0.5) is 5.69 Å². The van der Waals surface area contributed by atoms with E-state index in [9.17, 15) is 4.79 Å². The van der Waals surface area contributed by atoms with Crippen LogP contribution >= 0.6 is 0 Å². The number of hydrogen-bond donors (Lipinski definition) is 1. The van der Waals surface area contributed by atoms with Gasteiger partial charge in [0, 0.05) is 31.2 Å². The molecule has 1 heterocycles. The number of morpholine rings is 1. The first-order chi connectivity index (χ1) is 9.83. The van der Waals surface area contributed by atoms with E-state index in [-0.39, 0.29) is 11.8 Å². The number of nitrogens with zero attached hydrogens (tertiary/aromatic N) is 1. The van der Waals surface area contributed by atoms with E-state index in [0.29, 0.717) is 0 Å². The van der Waals surface area contributed by atoms with Gasteiger partial charge in [-0.25, -0.2) is 0 Å². The minimum absolute atomic E-state index is 0.186. The summed E-state index contributed by atoms with van der Waals surface area (Å²) in [6.45, 7) is 4.41. The molecule has 1 aliphatic carbocycles. The zero-order chi connectivity index (χ0) is 13.8. The lowest BCUT2D eigenvalue weighted by Gasteiger charge is -2.28. The van der Waals surface area contributed by atoms with Gasteiger partial charge in [0.1, 0.15) is 0 Å². The van der Waals surface area contributed by atoms with Crippen molar-refractivity contribution in [1.82, 2.24) is 4.90 Å². The highest BCUT2D eigenvalue weighted by molar-refractivity contribution is 5.93. The summed E-state index contributed by atoms with van der Waals surface area (Å²) in [4.78, 5) is 14.5. The van der Waals surface area contributed by atoms with Gasteiger partial charge in [0.15, 0.2) is 0 Å². The van der Waals surface area contributed by atoms with Crippen LogP contribution in [0.2, 0.25) is 0 Å². The zero-order valence-electron chi connectivity index (χ0n) is 11.8. The van der Waals surface area contributed by atoms with Gasteiger partial charge in [0.2, 0.25) is 5.91 Å². The summed E-state index contributed by atoms with van der Waals surface area (Å²) >= 11 is 0. The first-order valence-electron chi connectivity index (χ1n) is 7.52. The number of anilines is 1. The lowest BCUT2D eigenvalue weighted by molar-refractivity contribution is -0.122. The molecule has 2 fully saturated rings. The van der Waals surface area contributed by atoms with Crippen molar-refractivity contribution in [2.75, 3.05) is 31.6 Å². The maximum absolute atomic E-state index is 12.1. The normalized spacial score (nSPS) is 20.4. The first kappa shape index (κ1) is 13.6. The molecule has 1 aliphatic heterocycles. The summed E-state index contributed by atoms with van der Waals surface area (Å²) in [5.74, 6) is 0.414. The SMILES string of the molecule is O=C(Nc1ccccc1CN1CCOCC1)C1CCC1. The lowest BCUT2D eigenvalue weighted by Crippen LogP contribution is -2.36. The number of carbonyl (C=O) groups excluding carboxylic acids is 1. The number of carbonyl (C=O) groups is 1. The highest BCUT2D eigenvalue weighted by atomic mass is 16.5. The molecule has 0 bridgehead atoms. The van der Waals surface area contributed by atoms with Crippen molar-refractivity contribution in [3.05, 3.63) is 29.8 Å². The fourth-order valence-electron chi connectivity index (χ4n) is 2.69. The van der Waals surface area contributed by atoms with Gasteiger partial charge in [-0.2, -0.15) is 0 Å². The minimum Gasteiger partial charge on any atom is -0.379 e. The second-order valence-corrected chi connectivity index (χ2v) is 5.66. The number of hydrogen-bond acceptors (Lipinski definition) is 3. The third-order valence-electron chi connectivity index (χ3n) is 4.25. The summed E-state index contributed by atoms with van der Waals surface area (Å²) in [6.07, 6.45) is 3.27. The van der Waals surface area contributed by atoms with Crippen LogP contribution in [0.3, 0.4) is 0 Å². The fourth-order valence-corrected chi connectivity index (χ4v) is 2.69. The molecule has 3 rings (SSSR count). The Hall–Kier alpha value is -1.39. The summed E-state index contributed by atoms with van der Waals surface area (Å²) < 4.78 is 5.37. The smallest absolute Gasteiger partial charge is 0.227 e. The highest BCUT2D eigenvalue weighted by Crippen LogP contribution is 2.28. The first-order valence-corrected chi connectivity index (χ1v) is 7.52. The number of ether oxygens (including phenoxy) is 1. The minimum atomic E-state index is 0.186. The van der Waals surface area contributed by atoms with Crippen molar-refractivity contribution < 1.29 is 9.53 Å². The third kappa shape index (κ3) is 3.19. The van der Waals surface area contributed by atoms with E-state index in [1.165, 1.54) is 12.0 Å². The van der Waals surface area contributed by atoms with Crippen molar-refractivity contribution in [2.24, 2.45) is 5.92 Å². The number of para-hydroxylation sites is 1. The van der Waals surface area contributed by atoms with Crippen LogP contribution in [0, 0.1) is 5.92 Å². The number of rotatable bonds is 4. The number of amides is 1. The predicted octanol–water partition coefficient (Wildman–Crippen LogP) is 2.26. The molecule has 1 saturated heterocycles. The average Bonchev–Trinajstić information content (AvgIpc) is 2.40. The van der Waals surface area contributed by atoms with Crippen molar-refractivity contribution in [1.29, 1.82) is 0 Å². The molecule has 0 radical (unpaired) electrons. The van der Waals surface area contributed by atoms with Crippen LogP contribution < -0.4 is 5.32 Å². The maximum atomic E-state index is 12.1. The van der Waals surface area contributed by atoms with Crippen molar-refractivity contribution in [3.8, 4) is 0 Å². The van der Waals surface area contributed by atoms with Crippen LogP contribution in [-0.4, -0.2) is 37.1 Å². The molecular formula is C16H22N2O2. The summed E-state index contributed by atoms with van der Waals surface area (Å²) in [7, 11) is 0. The van der Waals surface area contributed by atoms with Gasteiger partial charge in [-0.3, -0.25) is 9.69 Å². The van der Waals surface area contributed by atoms with E-state index in [1.807, 2.05) is 18.2 Å². The molecule has 1 aromatic rings. The van der Waals surface area contributed by atoms with Crippen LogP contribution in [0.15, 0.2) is 24.3 Å². The topological polar surface area (TPSA) is 41.6 Å². The number of benzene rings is 1. The van der Waals surface area contributed by atoms with E-state index in [1.54, 1.807) is 0 Å². The molecule has 20 heavy (non-hydrogen) atoms. The molecule has 108 valence electrons. The lowest BCUT2D eigenvalue weighted by atomic mass is 9.85. The molecule has 0 atom stereocenters. The van der Waals surface area contributed by atoms with E-state index in [0.717, 1.165) is 51.4 Å². The van der Waals surface area contributed by atoms with Gasteiger partial charge in [-0.15, -0.1) is 0 Å². The largest absolute Gasteiger partial charge is 0.379 e. The molecule has 4 heteroatoms. The Morgan fingerprint density at radius 1 is 1.25 bits per heavy atom. The Morgan fingerprint density at radius 2 is 2.00 bits per heavy atom. The Balaban J connectivity index is 1.65. The Morgan fingerprint density at radius 3 is 2.70 bits per heavy atom. The summed E-state index contributed by atoms with van der Waals surface area (Å²) in [5.41, 5.74) is 2.16. The van der Waals surface area contributed by atoms with Crippen molar-refractivity contribution in [2.45, 2.75) is 25.8 Å². The zero-order valence-corrected chi connectivity index (χ0v) is 11.8. The van der Waals surface area contributed by atoms with E-state index < -0.39 is 0 Å². The second-order valence-electron chi connectivity index (χ2n) is 5.66. The molecule has 1 saturated carbocycles. The van der Waals surface area contributed by atoms with E-state index in [2.05, 4.69) is 16.3 Å². The molecule has 2 aliphatic rings. The molecule has 0 spiro atoms. The third-order valence-corrected chi connectivity index (χ3v) is 4.25. The highest BCUT2D eigenvalue weighted by Gasteiger charge is 2.25. The average molecular weight is 274 g/mol. The van der Waals surface area contributed by atoms with Gasteiger partial charge in [-0.05, 0) is 24.5 Å². The van der Waals surface area contributed by atoms with Crippen LogP contribution in [-0.2, 0) is 16.1 Å². The molecule has 1 aromatic carbocycles. The quantitative estimate of drug-likeness (QED) is 0.915. The van der Waals surface area contributed by atoms with E-state index >= 15 is 0 Å². The van der Waals surface area contributed by atoms with Crippen LogP contribution in [0.25, 0.3) is 0 Å². The Kier molecular flexibility index (Phi) is 4.33. The predicted molar refractivity (Wildman–Crippen MR) is 78.5 cm³/mol. The molecule has 4 nitrogen and oxygen atoms in total. The van der Waals surface area contributed by atoms with Crippen LogP contribution in [0.1, 0.15) is 24.8 Å². The Bertz CT molecular complexity index is 465. The molecule has 1 amide bonds. The second kappa shape index (κ2) is 6.37. The molecular weight excluding hydrogens is 252 g/mol. The van der Waals surface area contributed by atoms with Crippen molar-refractivity contribution >= 4 is 11.6 Å². The Labute approximate surface area is 120 Å². The number of nitrogens with one attached hydrogen (secondary N) is 1. The van der Waals surface area contributed by atoms with Gasteiger partial charge < -0.3 is 10.1 Å².